The number of hydrogen-bond acceptors (Lipinski definition) is 0. The Morgan fingerprint density at radius 3 is 2.86 bits per heavy atom. The van der Waals surface area contributed by atoms with E-state index in [4.69, 9.17) is 0 Å². The van der Waals surface area contributed by atoms with E-state index < -0.39 is 0 Å². The zero-order chi connectivity index (χ0) is 5.11. The average Bonchev–Trinajstić information content (AvgIpc) is 1.69. The van der Waals surface area contributed by atoms with Crippen molar-refractivity contribution in [3.8, 4) is 0 Å². The van der Waals surface area contributed by atoms with E-state index in [0.717, 1.165) is 0 Å². The summed E-state index contributed by atoms with van der Waals surface area (Å²) in [5.74, 6) is 0. The van der Waals surface area contributed by atoms with Gasteiger partial charge in [-0.25, -0.2) is 0 Å². The third kappa shape index (κ3) is 1.38. The molecule has 0 atom stereocenters. The van der Waals surface area contributed by atoms with Gasteiger partial charge in [-0.1, -0.05) is 0 Å². The summed E-state index contributed by atoms with van der Waals surface area (Å²) in [6.07, 6.45) is 3.77. The van der Waals surface area contributed by atoms with E-state index in [1.807, 2.05) is 12.4 Å². The quantitative estimate of drug-likeness (QED) is 0.460. The minimum absolute atomic E-state index is 0.599. The van der Waals surface area contributed by atoms with Crippen molar-refractivity contribution in [1.82, 2.24) is 5.32 Å². The second-order valence-corrected chi connectivity index (χ2v) is 3.71. The van der Waals surface area contributed by atoms with E-state index in [0.29, 0.717) is 15.0 Å². The number of rotatable bonds is 0. The monoisotopic (exact) mass is 160 g/mol. The topological polar surface area (TPSA) is 14.1 Å². The number of nitrogens with zero attached hydrogens (tertiary/aromatic N) is 1. The van der Waals surface area contributed by atoms with Crippen LogP contribution < -0.4 is 5.32 Å². The van der Waals surface area contributed by atoms with Crippen molar-refractivity contribution in [2.45, 2.75) is 6.92 Å². The minimum atomic E-state index is 0.599. The maximum atomic E-state index is 3.93. The Kier molecular flexibility index (Phi) is 1.55. The van der Waals surface area contributed by atoms with Gasteiger partial charge in [0.2, 0.25) is 0 Å². The van der Waals surface area contributed by atoms with Gasteiger partial charge in [-0.2, -0.15) is 0 Å². The van der Waals surface area contributed by atoms with Crippen LogP contribution in [0.25, 0.3) is 0 Å². The molecule has 1 aliphatic heterocycles. The molecule has 0 N–H and O–H groups in total. The summed E-state index contributed by atoms with van der Waals surface area (Å²) < 4.78 is 1.40. The van der Waals surface area contributed by atoms with E-state index in [9.17, 15) is 0 Å². The number of hydrogen-bond donors (Lipinski definition) is 0. The Labute approximate surface area is 49.6 Å². The van der Waals surface area contributed by atoms with Gasteiger partial charge in [-0.15, -0.1) is 0 Å². The Bertz CT molecular complexity index is 115. The van der Waals surface area contributed by atoms with Crippen LogP contribution in [0.3, 0.4) is 0 Å². The normalized spacial score (nSPS) is 18.1. The van der Waals surface area contributed by atoms with Crippen LogP contribution in [0.5, 0.6) is 0 Å². The SMILES string of the molecule is CC1=C[N]C=C[Se]1. The van der Waals surface area contributed by atoms with Gasteiger partial charge in [0.25, 0.3) is 0 Å². The molecule has 1 radical (unpaired) electrons. The predicted octanol–water partition coefficient (Wildman–Crippen LogP) is 0.641. The molecule has 7 heavy (non-hydrogen) atoms. The first-order valence-corrected chi connectivity index (χ1v) is 3.92. The molecule has 0 aromatic heterocycles. The van der Waals surface area contributed by atoms with Gasteiger partial charge in [0, 0.05) is 0 Å². The van der Waals surface area contributed by atoms with Crippen LogP contribution in [0.4, 0.5) is 0 Å². The molecular formula is C5H6NSe. The first-order valence-electron chi connectivity index (χ1n) is 2.08. The molecule has 0 fully saturated rings. The van der Waals surface area contributed by atoms with Gasteiger partial charge in [-0.3, -0.25) is 0 Å². The fourth-order valence-electron chi connectivity index (χ4n) is 0.351. The first-order chi connectivity index (χ1) is 3.39. The number of allylic oxidation sites excluding steroid dienone is 1. The fraction of sp³-hybridized carbons (Fsp3) is 0.200. The molecule has 1 heterocycles. The molecule has 0 spiro atoms. The maximum absolute atomic E-state index is 3.93. The molecule has 1 nitrogen and oxygen atoms in total. The Morgan fingerprint density at radius 2 is 2.57 bits per heavy atom. The van der Waals surface area contributed by atoms with Crippen LogP contribution in [-0.4, -0.2) is 15.0 Å². The molecule has 0 aromatic carbocycles. The molecule has 0 saturated heterocycles. The molecule has 2 heteroatoms. The van der Waals surface area contributed by atoms with Crippen LogP contribution in [0.2, 0.25) is 0 Å². The molecule has 0 aliphatic carbocycles. The van der Waals surface area contributed by atoms with E-state index in [1.165, 1.54) is 4.47 Å². The van der Waals surface area contributed by atoms with Crippen LogP contribution in [0.1, 0.15) is 6.92 Å². The van der Waals surface area contributed by atoms with Crippen LogP contribution in [0, 0.1) is 0 Å². The molecule has 1 aliphatic rings. The summed E-state index contributed by atoms with van der Waals surface area (Å²) in [5, 5.41) is 3.93. The summed E-state index contributed by atoms with van der Waals surface area (Å²) >= 11 is 0.599. The molecule has 0 unspecified atom stereocenters. The van der Waals surface area contributed by atoms with Crippen molar-refractivity contribution in [1.29, 1.82) is 0 Å². The Morgan fingerprint density at radius 1 is 1.71 bits per heavy atom. The van der Waals surface area contributed by atoms with Crippen LogP contribution in [-0.2, 0) is 0 Å². The van der Waals surface area contributed by atoms with Gasteiger partial charge >= 0.3 is 49.0 Å². The third-order valence-corrected chi connectivity index (χ3v) is 2.20. The molecular weight excluding hydrogens is 153 g/mol. The summed E-state index contributed by atoms with van der Waals surface area (Å²) in [4.78, 5) is 2.11. The van der Waals surface area contributed by atoms with Crippen molar-refractivity contribution < 1.29 is 0 Å². The second-order valence-electron chi connectivity index (χ2n) is 1.29. The van der Waals surface area contributed by atoms with E-state index in [2.05, 4.69) is 17.2 Å². The van der Waals surface area contributed by atoms with Gasteiger partial charge in [0.1, 0.15) is 0 Å². The average molecular weight is 159 g/mol. The third-order valence-electron chi connectivity index (χ3n) is 0.657. The Hall–Kier alpha value is -0.201. The van der Waals surface area contributed by atoms with Crippen LogP contribution in [0.15, 0.2) is 21.8 Å². The van der Waals surface area contributed by atoms with Crippen molar-refractivity contribution in [3.63, 3.8) is 0 Å². The van der Waals surface area contributed by atoms with E-state index >= 15 is 0 Å². The summed E-state index contributed by atoms with van der Waals surface area (Å²) in [7, 11) is 0. The molecule has 0 aromatic rings. The Balaban J connectivity index is 2.50. The fourth-order valence-corrected chi connectivity index (χ4v) is 1.33. The second kappa shape index (κ2) is 2.20. The summed E-state index contributed by atoms with van der Waals surface area (Å²) in [6.45, 7) is 2.10. The standard InChI is InChI=1S/C5H6NSe/c1-5-4-6-2-3-7-5/h2-4H,1H3. The molecule has 0 amide bonds. The zero-order valence-electron chi connectivity index (χ0n) is 4.09. The van der Waals surface area contributed by atoms with E-state index in [1.54, 1.807) is 0 Å². The van der Waals surface area contributed by atoms with Gasteiger partial charge in [-0.05, 0) is 0 Å². The summed E-state index contributed by atoms with van der Waals surface area (Å²) in [5.41, 5.74) is 0. The van der Waals surface area contributed by atoms with Crippen molar-refractivity contribution in [3.05, 3.63) is 21.8 Å². The molecule has 1 rings (SSSR count). The summed E-state index contributed by atoms with van der Waals surface area (Å²) in [6, 6.07) is 0. The molecule has 0 saturated carbocycles. The van der Waals surface area contributed by atoms with E-state index in [-0.39, 0.29) is 0 Å². The van der Waals surface area contributed by atoms with Crippen LogP contribution >= 0.6 is 0 Å². The van der Waals surface area contributed by atoms with Gasteiger partial charge in [0.05, 0.1) is 0 Å². The van der Waals surface area contributed by atoms with Crippen molar-refractivity contribution >= 4 is 15.0 Å². The van der Waals surface area contributed by atoms with Gasteiger partial charge < -0.3 is 0 Å². The van der Waals surface area contributed by atoms with Crippen molar-refractivity contribution in [2.75, 3.05) is 0 Å². The zero-order valence-corrected chi connectivity index (χ0v) is 5.80. The van der Waals surface area contributed by atoms with Gasteiger partial charge in [0.15, 0.2) is 0 Å². The predicted molar refractivity (Wildman–Crippen MR) is 30.8 cm³/mol. The van der Waals surface area contributed by atoms with Crippen molar-refractivity contribution in [2.24, 2.45) is 0 Å². The molecule has 0 bridgehead atoms. The molecule has 37 valence electrons. The first kappa shape index (κ1) is 4.95.